The number of hydrogen-bond donors (Lipinski definition) is 1. The Labute approximate surface area is 139 Å². The number of carbonyl (C=O) groups is 3. The van der Waals surface area contributed by atoms with E-state index in [9.17, 15) is 19.2 Å². The van der Waals surface area contributed by atoms with Gasteiger partial charge in [-0.05, 0) is 0 Å². The third kappa shape index (κ3) is 1.88. The number of nitrogens with two attached hydrogens (primary N) is 1. The van der Waals surface area contributed by atoms with Crippen molar-refractivity contribution < 1.29 is 14.4 Å². The van der Waals surface area contributed by atoms with E-state index in [0.29, 0.717) is 5.13 Å². The number of carbonyl (C=O) groups excluding carboxylic acids is 3. The van der Waals surface area contributed by atoms with Crippen molar-refractivity contribution in [2.45, 2.75) is 6.54 Å². The second-order valence-electron chi connectivity index (χ2n) is 5.53. The Hall–Kier alpha value is -2.79. The van der Waals surface area contributed by atoms with Crippen LogP contribution in [0.1, 0.15) is 10.5 Å². The molecule has 1 atom stereocenters. The lowest BCUT2D eigenvalue weighted by atomic mass is 10.2. The van der Waals surface area contributed by atoms with Gasteiger partial charge in [0.2, 0.25) is 5.91 Å². The van der Waals surface area contributed by atoms with E-state index >= 15 is 0 Å². The summed E-state index contributed by atoms with van der Waals surface area (Å²) in [6, 6.07) is -0.547. The fraction of sp³-hybridized carbons (Fsp3) is 0.308. The summed E-state index contributed by atoms with van der Waals surface area (Å²) in [6.45, 7) is -0.451. The third-order valence-electron chi connectivity index (χ3n) is 4.03. The number of imidazole rings is 1. The van der Waals surface area contributed by atoms with Crippen molar-refractivity contribution in [1.82, 2.24) is 23.5 Å². The number of primary amides is 1. The predicted octanol–water partition coefficient (Wildman–Crippen LogP) is -0.397. The van der Waals surface area contributed by atoms with Crippen LogP contribution in [-0.2, 0) is 18.4 Å². The van der Waals surface area contributed by atoms with Crippen LogP contribution in [0, 0.1) is 0 Å². The van der Waals surface area contributed by atoms with E-state index in [1.165, 1.54) is 36.2 Å². The molecule has 1 aliphatic rings. The minimum atomic E-state index is -0.763. The van der Waals surface area contributed by atoms with Crippen molar-refractivity contribution in [3.8, 4) is 0 Å². The molecule has 126 valence electrons. The highest BCUT2D eigenvalue weighted by Crippen LogP contribution is 2.40. The molecule has 0 bridgehead atoms. The largest absolute Gasteiger partial charge is 0.439 e. The van der Waals surface area contributed by atoms with Gasteiger partial charge in [-0.15, -0.1) is 4.48 Å². The molecule has 0 spiro atoms. The highest BCUT2D eigenvalue weighted by molar-refractivity contribution is 7.13. The molecular weight excluding hydrogens is 336 g/mol. The zero-order valence-corrected chi connectivity index (χ0v) is 14.0. The molecular formula is C13H15N6O4S+. The first kappa shape index (κ1) is 16.1. The summed E-state index contributed by atoms with van der Waals surface area (Å²) in [7, 11) is 4.31. The van der Waals surface area contributed by atoms with Gasteiger partial charge in [-0.3, -0.25) is 14.2 Å². The normalized spacial score (nSPS) is 20.4. The Balaban J connectivity index is 2.42. The SMILES string of the molecule is CN1C(=O)c2c(n(C)c(=O)n2CC(N)=O)[N+](C)(c2nccs2)C1=O. The van der Waals surface area contributed by atoms with E-state index in [-0.39, 0.29) is 11.5 Å². The first-order valence-electron chi connectivity index (χ1n) is 6.88. The van der Waals surface area contributed by atoms with Crippen LogP contribution in [0.5, 0.6) is 0 Å². The molecule has 0 radical (unpaired) electrons. The molecule has 1 unspecified atom stereocenters. The van der Waals surface area contributed by atoms with Crippen molar-refractivity contribution in [3.63, 3.8) is 0 Å². The maximum atomic E-state index is 12.8. The van der Waals surface area contributed by atoms with E-state index < -0.39 is 34.6 Å². The van der Waals surface area contributed by atoms with Gasteiger partial charge in [-0.2, -0.15) is 4.98 Å². The Kier molecular flexibility index (Phi) is 3.42. The summed E-state index contributed by atoms with van der Waals surface area (Å²) in [5.41, 5.74) is 4.55. The molecule has 2 aromatic heterocycles. The number of thiazole rings is 1. The van der Waals surface area contributed by atoms with E-state index in [1.54, 1.807) is 12.4 Å². The van der Waals surface area contributed by atoms with Crippen LogP contribution in [0.15, 0.2) is 16.4 Å². The standard InChI is InChI=1S/C13H14N6O4S/c1-16-9-8(18(12(16)22)6-7(14)20)10(21)17(2)13(23)19(9,3)11-15-4-5-24-11/h4-5H,6H2,1-3H3,(H-,14,20)/p+1. The van der Waals surface area contributed by atoms with E-state index in [1.807, 2.05) is 0 Å². The average Bonchev–Trinajstić information content (AvgIpc) is 3.14. The molecule has 0 aliphatic carbocycles. The molecule has 4 amide bonds. The summed E-state index contributed by atoms with van der Waals surface area (Å²) in [5, 5.41) is 2.09. The molecule has 10 nitrogen and oxygen atoms in total. The van der Waals surface area contributed by atoms with Gasteiger partial charge in [0.25, 0.3) is 11.7 Å². The number of rotatable bonds is 3. The van der Waals surface area contributed by atoms with E-state index in [4.69, 9.17) is 5.73 Å². The zero-order valence-electron chi connectivity index (χ0n) is 13.2. The van der Waals surface area contributed by atoms with Gasteiger partial charge in [-0.25, -0.2) is 19.1 Å². The summed E-state index contributed by atoms with van der Waals surface area (Å²) in [6.07, 6.45) is 1.53. The second kappa shape index (κ2) is 5.11. The molecule has 24 heavy (non-hydrogen) atoms. The second-order valence-corrected chi connectivity index (χ2v) is 6.41. The van der Waals surface area contributed by atoms with Crippen molar-refractivity contribution in [1.29, 1.82) is 0 Å². The van der Waals surface area contributed by atoms with Gasteiger partial charge in [-0.1, -0.05) is 11.3 Å². The van der Waals surface area contributed by atoms with Gasteiger partial charge in [0.1, 0.15) is 6.54 Å². The molecule has 0 saturated carbocycles. The molecule has 2 aromatic rings. The van der Waals surface area contributed by atoms with Crippen molar-refractivity contribution in [2.75, 3.05) is 14.1 Å². The monoisotopic (exact) mass is 351 g/mol. The molecule has 3 heterocycles. The highest BCUT2D eigenvalue weighted by Gasteiger charge is 2.55. The quantitative estimate of drug-likeness (QED) is 0.755. The number of urea groups is 1. The Bertz CT molecular complexity index is 927. The van der Waals surface area contributed by atoms with Crippen LogP contribution < -0.4 is 15.9 Å². The van der Waals surface area contributed by atoms with Crippen molar-refractivity contribution >= 4 is 40.1 Å². The number of aromatic nitrogens is 3. The zero-order chi connectivity index (χ0) is 17.8. The summed E-state index contributed by atoms with van der Waals surface area (Å²) < 4.78 is 1.70. The molecule has 0 saturated heterocycles. The lowest BCUT2D eigenvalue weighted by Crippen LogP contribution is -2.59. The third-order valence-corrected chi connectivity index (χ3v) is 4.97. The van der Waals surface area contributed by atoms with Crippen LogP contribution in [0.4, 0.5) is 15.7 Å². The number of imide groups is 1. The van der Waals surface area contributed by atoms with Crippen LogP contribution in [0.3, 0.4) is 0 Å². The minimum Gasteiger partial charge on any atom is -0.368 e. The summed E-state index contributed by atoms with van der Waals surface area (Å²) in [5.74, 6) is -1.27. The van der Waals surface area contributed by atoms with E-state index in [2.05, 4.69) is 4.98 Å². The van der Waals surface area contributed by atoms with Crippen LogP contribution in [0.2, 0.25) is 0 Å². The van der Waals surface area contributed by atoms with Crippen LogP contribution in [0.25, 0.3) is 0 Å². The van der Waals surface area contributed by atoms with Gasteiger partial charge < -0.3 is 5.73 Å². The Morgan fingerprint density at radius 3 is 2.54 bits per heavy atom. The molecule has 0 fully saturated rings. The molecule has 2 N–H and O–H groups in total. The van der Waals surface area contributed by atoms with Crippen LogP contribution in [-0.4, -0.2) is 51.0 Å². The maximum absolute atomic E-state index is 12.8. The molecule has 11 heteroatoms. The van der Waals surface area contributed by atoms with Gasteiger partial charge >= 0.3 is 16.9 Å². The predicted molar refractivity (Wildman–Crippen MR) is 85.8 cm³/mol. The number of nitrogens with zero attached hydrogens (tertiary/aromatic N) is 5. The molecule has 0 aromatic carbocycles. The Morgan fingerprint density at radius 1 is 1.33 bits per heavy atom. The fourth-order valence-electron chi connectivity index (χ4n) is 2.92. The van der Waals surface area contributed by atoms with Gasteiger partial charge in [0.15, 0.2) is 5.69 Å². The highest BCUT2D eigenvalue weighted by atomic mass is 32.1. The lowest BCUT2D eigenvalue weighted by molar-refractivity contribution is -0.118. The number of quaternary nitrogens is 1. The summed E-state index contributed by atoms with van der Waals surface area (Å²) in [4.78, 5) is 54.4. The topological polar surface area (TPSA) is 120 Å². The summed E-state index contributed by atoms with van der Waals surface area (Å²) >= 11 is 1.22. The lowest BCUT2D eigenvalue weighted by Gasteiger charge is -2.34. The molecule has 1 aliphatic heterocycles. The minimum absolute atomic E-state index is 0.0406. The number of fused-ring (bicyclic) bond motifs is 1. The van der Waals surface area contributed by atoms with Crippen molar-refractivity contribution in [3.05, 3.63) is 27.8 Å². The first-order chi connectivity index (χ1) is 11.2. The fourth-order valence-corrected chi connectivity index (χ4v) is 3.66. The average molecular weight is 351 g/mol. The van der Waals surface area contributed by atoms with Gasteiger partial charge in [0.05, 0.1) is 7.05 Å². The first-order valence-corrected chi connectivity index (χ1v) is 7.76. The van der Waals surface area contributed by atoms with E-state index in [0.717, 1.165) is 9.47 Å². The Morgan fingerprint density at radius 2 is 2.00 bits per heavy atom. The van der Waals surface area contributed by atoms with Crippen LogP contribution >= 0.6 is 11.3 Å². The maximum Gasteiger partial charge on any atom is 0.439 e. The molecule has 3 rings (SSSR count). The van der Waals surface area contributed by atoms with Gasteiger partial charge in [0, 0.05) is 25.7 Å². The number of amides is 4. The smallest absolute Gasteiger partial charge is 0.368 e. The number of hydrogen-bond acceptors (Lipinski definition) is 6. The van der Waals surface area contributed by atoms with Crippen molar-refractivity contribution in [2.24, 2.45) is 12.8 Å².